The van der Waals surface area contributed by atoms with Crippen molar-refractivity contribution >= 4 is 0 Å². The lowest BCUT2D eigenvalue weighted by Crippen LogP contribution is -2.10. The maximum atomic E-state index is 5.68. The summed E-state index contributed by atoms with van der Waals surface area (Å²) >= 11 is 0. The third kappa shape index (κ3) is 3.69. The number of hydrogen-bond acceptors (Lipinski definition) is 2. The van der Waals surface area contributed by atoms with Crippen LogP contribution >= 0.6 is 0 Å². The van der Waals surface area contributed by atoms with Gasteiger partial charge in [-0.1, -0.05) is 70.5 Å². The van der Waals surface area contributed by atoms with E-state index in [1.165, 1.54) is 11.1 Å². The van der Waals surface area contributed by atoms with Gasteiger partial charge in [-0.2, -0.15) is 0 Å². The second kappa shape index (κ2) is 7.08. The molecule has 0 amide bonds. The number of aryl methyl sites for hydroxylation is 1. The van der Waals surface area contributed by atoms with Crippen LogP contribution in [0, 0.1) is 0 Å². The third-order valence-corrected chi connectivity index (χ3v) is 4.18. The van der Waals surface area contributed by atoms with E-state index in [0.717, 1.165) is 35.5 Å². The average Bonchev–Trinajstić information content (AvgIpc) is 2.53. The highest BCUT2D eigenvalue weighted by Crippen LogP contribution is 2.41. The minimum atomic E-state index is 0.158. The van der Waals surface area contributed by atoms with E-state index in [1.54, 1.807) is 14.2 Å². The Morgan fingerprint density at radius 1 is 0.826 bits per heavy atom. The van der Waals surface area contributed by atoms with E-state index >= 15 is 0 Å². The molecule has 2 aromatic rings. The Balaban J connectivity index is 2.51. The molecule has 0 aliphatic carbocycles. The lowest BCUT2D eigenvalue weighted by molar-refractivity contribution is 0.352. The van der Waals surface area contributed by atoms with Crippen LogP contribution in [0.15, 0.2) is 36.4 Å². The molecule has 0 aromatic heterocycles. The summed E-state index contributed by atoms with van der Waals surface area (Å²) in [5.74, 6) is 1.67. The molecule has 0 spiro atoms. The lowest BCUT2D eigenvalue weighted by atomic mass is 9.86. The number of hydrogen-bond donors (Lipinski definition) is 0. The van der Waals surface area contributed by atoms with Crippen LogP contribution in [0.1, 0.15) is 45.2 Å². The first-order valence-corrected chi connectivity index (χ1v) is 8.27. The highest BCUT2D eigenvalue weighted by Gasteiger charge is 2.17. The first-order valence-electron chi connectivity index (χ1n) is 8.27. The van der Waals surface area contributed by atoms with Crippen LogP contribution in [-0.2, 0) is 11.8 Å². The van der Waals surface area contributed by atoms with Crippen molar-refractivity contribution in [3.05, 3.63) is 47.5 Å². The van der Waals surface area contributed by atoms with Crippen LogP contribution < -0.4 is 9.47 Å². The van der Waals surface area contributed by atoms with Crippen LogP contribution in [0.5, 0.6) is 11.5 Å². The molecule has 0 heterocycles. The molecule has 0 N–H and O–H groups in total. The standard InChI is InChI=1S/C21H28O2/c1-7-8-16-11-14-18(20(23-6)19(16)22-5)15-9-12-17(13-10-15)21(2,3)4/h9-14H,7-8H2,1-6H3. The summed E-state index contributed by atoms with van der Waals surface area (Å²) < 4.78 is 11.3. The van der Waals surface area contributed by atoms with E-state index in [0.29, 0.717) is 0 Å². The monoisotopic (exact) mass is 312 g/mol. The van der Waals surface area contributed by atoms with Gasteiger partial charge < -0.3 is 9.47 Å². The van der Waals surface area contributed by atoms with Crippen molar-refractivity contribution in [3.63, 3.8) is 0 Å². The van der Waals surface area contributed by atoms with Crippen LogP contribution in [0.2, 0.25) is 0 Å². The molecule has 2 rings (SSSR count). The summed E-state index contributed by atoms with van der Waals surface area (Å²) in [6.45, 7) is 8.85. The first kappa shape index (κ1) is 17.4. The van der Waals surface area contributed by atoms with Gasteiger partial charge in [0.25, 0.3) is 0 Å². The van der Waals surface area contributed by atoms with Gasteiger partial charge in [0.2, 0.25) is 0 Å². The molecule has 2 nitrogen and oxygen atoms in total. The van der Waals surface area contributed by atoms with Crippen molar-refractivity contribution in [3.8, 4) is 22.6 Å². The van der Waals surface area contributed by atoms with E-state index in [9.17, 15) is 0 Å². The van der Waals surface area contributed by atoms with Gasteiger partial charge in [-0.05, 0) is 28.5 Å². The summed E-state index contributed by atoms with van der Waals surface area (Å²) in [5, 5.41) is 0. The van der Waals surface area contributed by atoms with Crippen LogP contribution in [0.4, 0.5) is 0 Å². The van der Waals surface area contributed by atoms with Crippen LogP contribution in [0.3, 0.4) is 0 Å². The number of ether oxygens (including phenoxy) is 2. The molecule has 2 heteroatoms. The highest BCUT2D eigenvalue weighted by atomic mass is 16.5. The third-order valence-electron chi connectivity index (χ3n) is 4.18. The molecular weight excluding hydrogens is 284 g/mol. The largest absolute Gasteiger partial charge is 0.493 e. The summed E-state index contributed by atoms with van der Waals surface area (Å²) in [6.07, 6.45) is 2.07. The van der Waals surface area contributed by atoms with Crippen LogP contribution in [0.25, 0.3) is 11.1 Å². The average molecular weight is 312 g/mol. The van der Waals surface area contributed by atoms with Crippen molar-refractivity contribution in [2.24, 2.45) is 0 Å². The molecule has 0 bridgehead atoms. The van der Waals surface area contributed by atoms with Crippen molar-refractivity contribution in [2.75, 3.05) is 14.2 Å². The van der Waals surface area contributed by atoms with Gasteiger partial charge in [-0.3, -0.25) is 0 Å². The molecule has 0 radical (unpaired) electrons. The molecule has 0 aliphatic heterocycles. The number of rotatable bonds is 5. The maximum Gasteiger partial charge on any atom is 0.168 e. The molecular formula is C21H28O2. The first-order chi connectivity index (χ1) is 10.9. The van der Waals surface area contributed by atoms with Crippen molar-refractivity contribution < 1.29 is 9.47 Å². The number of methoxy groups -OCH3 is 2. The summed E-state index contributed by atoms with van der Waals surface area (Å²) in [7, 11) is 3.42. The second-order valence-corrected chi connectivity index (χ2v) is 6.92. The Morgan fingerprint density at radius 2 is 1.43 bits per heavy atom. The van der Waals surface area contributed by atoms with E-state index < -0.39 is 0 Å². The fourth-order valence-electron chi connectivity index (χ4n) is 2.87. The van der Waals surface area contributed by atoms with Gasteiger partial charge in [0.15, 0.2) is 11.5 Å². The Bertz CT molecular complexity index is 649. The Hall–Kier alpha value is -1.96. The zero-order valence-electron chi connectivity index (χ0n) is 15.2. The fourth-order valence-corrected chi connectivity index (χ4v) is 2.87. The summed E-state index contributed by atoms with van der Waals surface area (Å²) in [5.41, 5.74) is 4.91. The van der Waals surface area contributed by atoms with Gasteiger partial charge in [-0.15, -0.1) is 0 Å². The zero-order valence-corrected chi connectivity index (χ0v) is 15.2. The zero-order chi connectivity index (χ0) is 17.0. The van der Waals surface area contributed by atoms with E-state index in [1.807, 2.05) is 0 Å². The number of benzene rings is 2. The Labute approximate surface area is 140 Å². The molecule has 124 valence electrons. The van der Waals surface area contributed by atoms with Gasteiger partial charge in [0.1, 0.15) is 0 Å². The predicted octanol–water partition coefficient (Wildman–Crippen LogP) is 5.62. The molecule has 0 saturated heterocycles. The molecule has 0 unspecified atom stereocenters. The SMILES string of the molecule is CCCc1ccc(-c2ccc(C(C)(C)C)cc2)c(OC)c1OC. The van der Waals surface area contributed by atoms with Crippen molar-refractivity contribution in [1.29, 1.82) is 0 Å². The molecule has 2 aromatic carbocycles. The molecule has 0 saturated carbocycles. The Morgan fingerprint density at radius 3 is 1.91 bits per heavy atom. The minimum absolute atomic E-state index is 0.158. The summed E-state index contributed by atoms with van der Waals surface area (Å²) in [6, 6.07) is 13.0. The molecule has 0 atom stereocenters. The highest BCUT2D eigenvalue weighted by molar-refractivity contribution is 5.75. The van der Waals surface area contributed by atoms with Crippen molar-refractivity contribution in [2.45, 2.75) is 46.0 Å². The van der Waals surface area contributed by atoms with Crippen molar-refractivity contribution in [1.82, 2.24) is 0 Å². The van der Waals surface area contributed by atoms with Gasteiger partial charge in [0.05, 0.1) is 14.2 Å². The normalized spacial score (nSPS) is 11.4. The topological polar surface area (TPSA) is 18.5 Å². The second-order valence-electron chi connectivity index (χ2n) is 6.92. The lowest BCUT2D eigenvalue weighted by Gasteiger charge is -2.20. The van der Waals surface area contributed by atoms with E-state index in [4.69, 9.17) is 9.47 Å². The predicted molar refractivity (Wildman–Crippen MR) is 97.7 cm³/mol. The van der Waals surface area contributed by atoms with Gasteiger partial charge in [0, 0.05) is 5.56 Å². The molecule has 0 fully saturated rings. The quantitative estimate of drug-likeness (QED) is 0.713. The van der Waals surface area contributed by atoms with E-state index in [2.05, 4.69) is 64.1 Å². The van der Waals surface area contributed by atoms with Gasteiger partial charge in [-0.25, -0.2) is 0 Å². The summed E-state index contributed by atoms with van der Waals surface area (Å²) in [4.78, 5) is 0. The fraction of sp³-hybridized carbons (Fsp3) is 0.429. The molecule has 0 aliphatic rings. The smallest absolute Gasteiger partial charge is 0.168 e. The van der Waals surface area contributed by atoms with Crippen LogP contribution in [-0.4, -0.2) is 14.2 Å². The van der Waals surface area contributed by atoms with Gasteiger partial charge >= 0.3 is 0 Å². The Kier molecular flexibility index (Phi) is 5.35. The maximum absolute atomic E-state index is 5.68. The minimum Gasteiger partial charge on any atom is -0.493 e. The molecule has 23 heavy (non-hydrogen) atoms. The van der Waals surface area contributed by atoms with E-state index in [-0.39, 0.29) is 5.41 Å².